The number of nitro benzene ring substituents is 1. The number of rotatable bonds is 5. The number of aryl methyl sites for hydroxylation is 1. The summed E-state index contributed by atoms with van der Waals surface area (Å²) >= 11 is 13.7. The highest BCUT2D eigenvalue weighted by molar-refractivity contribution is 8.13. The van der Waals surface area contributed by atoms with E-state index in [0.29, 0.717) is 32.2 Å². The Labute approximate surface area is 204 Å². The number of hydrogen-bond acceptors (Lipinski definition) is 5. The fourth-order valence-corrected chi connectivity index (χ4v) is 4.52. The Balaban J connectivity index is 1.69. The molecule has 166 valence electrons. The summed E-state index contributed by atoms with van der Waals surface area (Å²) in [5.41, 5.74) is 3.32. The maximum atomic E-state index is 13.3. The molecule has 6 nitrogen and oxygen atoms in total. The third-order valence-corrected chi connectivity index (χ3v) is 6.73. The first kappa shape index (κ1) is 23.0. The molecule has 0 aliphatic carbocycles. The smallest absolute Gasteiger partial charge is 0.266 e. The fraction of sp³-hybridized carbons (Fsp3) is 0.0833. The van der Waals surface area contributed by atoms with E-state index in [1.807, 2.05) is 31.2 Å². The second-order valence-electron chi connectivity index (χ2n) is 7.26. The standard InChI is InChI=1S/C24H17Cl2N3O3S/c1-15-8-10-18(11-9-15)28-23(30)21(13-17-5-3-7-20(25)22(17)26)27-24(28)33-14-16-4-2-6-19(12-16)29(31)32/h2-13H,14H2,1H3. The van der Waals surface area contributed by atoms with Gasteiger partial charge in [0.2, 0.25) is 0 Å². The number of non-ortho nitro benzene ring substituents is 1. The van der Waals surface area contributed by atoms with E-state index in [0.717, 1.165) is 11.1 Å². The number of halogens is 2. The highest BCUT2D eigenvalue weighted by Crippen LogP contribution is 2.33. The van der Waals surface area contributed by atoms with Crippen molar-refractivity contribution in [1.29, 1.82) is 0 Å². The van der Waals surface area contributed by atoms with E-state index in [9.17, 15) is 14.9 Å². The molecular formula is C24H17Cl2N3O3S. The predicted molar refractivity (Wildman–Crippen MR) is 135 cm³/mol. The summed E-state index contributed by atoms with van der Waals surface area (Å²) in [5, 5.41) is 12.3. The van der Waals surface area contributed by atoms with Crippen molar-refractivity contribution in [3.05, 3.63) is 109 Å². The van der Waals surface area contributed by atoms with Crippen LogP contribution in [0.2, 0.25) is 10.0 Å². The van der Waals surface area contributed by atoms with Gasteiger partial charge in [-0.25, -0.2) is 4.99 Å². The molecule has 0 unspecified atom stereocenters. The minimum Gasteiger partial charge on any atom is -0.266 e. The fourth-order valence-electron chi connectivity index (χ4n) is 3.20. The van der Waals surface area contributed by atoms with Crippen LogP contribution in [-0.2, 0) is 10.5 Å². The molecule has 4 rings (SSSR count). The summed E-state index contributed by atoms with van der Waals surface area (Å²) in [6.45, 7) is 1.97. The van der Waals surface area contributed by atoms with Crippen molar-refractivity contribution in [2.24, 2.45) is 4.99 Å². The number of amides is 1. The molecular weight excluding hydrogens is 481 g/mol. The molecule has 0 saturated carbocycles. The average Bonchev–Trinajstić information content (AvgIpc) is 3.11. The Kier molecular flexibility index (Phi) is 6.83. The van der Waals surface area contributed by atoms with E-state index in [-0.39, 0.29) is 17.3 Å². The zero-order valence-corrected chi connectivity index (χ0v) is 19.7. The van der Waals surface area contributed by atoms with Crippen molar-refractivity contribution in [2.75, 3.05) is 4.90 Å². The first-order chi connectivity index (χ1) is 15.8. The number of carbonyl (C=O) groups is 1. The number of benzene rings is 3. The number of anilines is 1. The number of nitrogens with zero attached hydrogens (tertiary/aromatic N) is 3. The van der Waals surface area contributed by atoms with E-state index < -0.39 is 4.92 Å². The average molecular weight is 498 g/mol. The van der Waals surface area contributed by atoms with E-state index in [2.05, 4.69) is 4.99 Å². The van der Waals surface area contributed by atoms with Gasteiger partial charge in [0.05, 0.1) is 20.7 Å². The summed E-state index contributed by atoms with van der Waals surface area (Å²) in [5.74, 6) is 0.109. The number of amidine groups is 1. The molecule has 0 aromatic heterocycles. The van der Waals surface area contributed by atoms with Crippen molar-refractivity contribution < 1.29 is 9.72 Å². The number of thioether (sulfide) groups is 1. The Morgan fingerprint density at radius 1 is 1.09 bits per heavy atom. The summed E-state index contributed by atoms with van der Waals surface area (Å²) in [6, 6.07) is 19.1. The van der Waals surface area contributed by atoms with Crippen LogP contribution in [0.25, 0.3) is 6.08 Å². The van der Waals surface area contributed by atoms with Gasteiger partial charge in [-0.2, -0.15) is 0 Å². The van der Waals surface area contributed by atoms with Crippen molar-refractivity contribution >= 4 is 63.5 Å². The molecule has 0 saturated heterocycles. The lowest BCUT2D eigenvalue weighted by molar-refractivity contribution is -0.384. The molecule has 0 spiro atoms. The minimum absolute atomic E-state index is 0.0177. The predicted octanol–water partition coefficient (Wildman–Crippen LogP) is 6.89. The van der Waals surface area contributed by atoms with Gasteiger partial charge < -0.3 is 0 Å². The summed E-state index contributed by atoms with van der Waals surface area (Å²) in [7, 11) is 0. The van der Waals surface area contributed by atoms with Gasteiger partial charge in [0, 0.05) is 17.9 Å². The molecule has 1 aliphatic heterocycles. The van der Waals surface area contributed by atoms with Crippen molar-refractivity contribution in [3.8, 4) is 0 Å². The number of hydrogen-bond donors (Lipinski definition) is 0. The van der Waals surface area contributed by atoms with Gasteiger partial charge in [-0.3, -0.25) is 19.8 Å². The largest absolute Gasteiger partial charge is 0.283 e. The second-order valence-corrected chi connectivity index (χ2v) is 8.99. The molecule has 3 aromatic rings. The first-order valence-electron chi connectivity index (χ1n) is 9.85. The van der Waals surface area contributed by atoms with Crippen molar-refractivity contribution in [3.63, 3.8) is 0 Å². The molecule has 0 fully saturated rings. The molecule has 0 atom stereocenters. The third kappa shape index (κ3) is 5.11. The third-order valence-electron chi connectivity index (χ3n) is 4.88. The molecule has 0 radical (unpaired) electrons. The Bertz CT molecular complexity index is 1310. The molecule has 33 heavy (non-hydrogen) atoms. The molecule has 1 aliphatic rings. The second kappa shape index (κ2) is 9.79. The van der Waals surface area contributed by atoms with Crippen molar-refractivity contribution in [1.82, 2.24) is 0 Å². The lowest BCUT2D eigenvalue weighted by Gasteiger charge is -2.18. The quantitative estimate of drug-likeness (QED) is 0.218. The van der Waals surface area contributed by atoms with Crippen LogP contribution in [0.15, 0.2) is 77.4 Å². The lowest BCUT2D eigenvalue weighted by atomic mass is 10.2. The van der Waals surface area contributed by atoms with Crippen LogP contribution < -0.4 is 4.90 Å². The molecule has 1 amide bonds. The maximum Gasteiger partial charge on any atom is 0.283 e. The Morgan fingerprint density at radius 3 is 2.55 bits per heavy atom. The topological polar surface area (TPSA) is 75.8 Å². The number of aliphatic imine (C=N–C) groups is 1. The summed E-state index contributed by atoms with van der Waals surface area (Å²) in [6.07, 6.45) is 1.61. The number of nitro groups is 1. The molecule has 9 heteroatoms. The zero-order chi connectivity index (χ0) is 23.5. The van der Waals surface area contributed by atoms with E-state index >= 15 is 0 Å². The normalized spacial score (nSPS) is 14.6. The molecule has 3 aromatic carbocycles. The monoisotopic (exact) mass is 497 g/mol. The van der Waals surface area contributed by atoms with Crippen LogP contribution in [0.1, 0.15) is 16.7 Å². The highest BCUT2D eigenvalue weighted by atomic mass is 35.5. The van der Waals surface area contributed by atoms with Gasteiger partial charge in [-0.15, -0.1) is 0 Å². The van der Waals surface area contributed by atoms with Gasteiger partial charge in [0.1, 0.15) is 5.70 Å². The molecule has 1 heterocycles. The van der Waals surface area contributed by atoms with Gasteiger partial charge in [-0.05, 0) is 42.3 Å². The van der Waals surface area contributed by atoms with Crippen molar-refractivity contribution in [2.45, 2.75) is 12.7 Å². The Hall–Kier alpha value is -3.13. The van der Waals surface area contributed by atoms with Gasteiger partial charge >= 0.3 is 0 Å². The first-order valence-corrected chi connectivity index (χ1v) is 11.6. The van der Waals surface area contributed by atoms with Crippen LogP contribution in [0, 0.1) is 17.0 Å². The number of carbonyl (C=O) groups excluding carboxylic acids is 1. The molecule has 0 bridgehead atoms. The van der Waals surface area contributed by atoms with Gasteiger partial charge in [-0.1, -0.05) is 76.9 Å². The summed E-state index contributed by atoms with van der Waals surface area (Å²) in [4.78, 5) is 30.1. The van der Waals surface area contributed by atoms with Crippen LogP contribution in [0.5, 0.6) is 0 Å². The van der Waals surface area contributed by atoms with E-state index in [1.165, 1.54) is 28.8 Å². The molecule has 0 N–H and O–H groups in total. The highest BCUT2D eigenvalue weighted by Gasteiger charge is 2.32. The maximum absolute atomic E-state index is 13.3. The van der Waals surface area contributed by atoms with Crippen LogP contribution in [0.4, 0.5) is 11.4 Å². The minimum atomic E-state index is -0.432. The van der Waals surface area contributed by atoms with Crippen LogP contribution >= 0.6 is 35.0 Å². The van der Waals surface area contributed by atoms with Gasteiger partial charge in [0.25, 0.3) is 11.6 Å². The SMILES string of the molecule is Cc1ccc(N2C(=O)C(=Cc3cccc(Cl)c3Cl)N=C2SCc2cccc([N+](=O)[O-])c2)cc1. The van der Waals surface area contributed by atoms with Crippen LogP contribution in [0.3, 0.4) is 0 Å². The van der Waals surface area contributed by atoms with E-state index in [4.69, 9.17) is 23.2 Å². The summed E-state index contributed by atoms with van der Waals surface area (Å²) < 4.78 is 0. The van der Waals surface area contributed by atoms with Gasteiger partial charge in [0.15, 0.2) is 5.17 Å². The lowest BCUT2D eigenvalue weighted by Crippen LogP contribution is -2.30. The zero-order valence-electron chi connectivity index (χ0n) is 17.4. The Morgan fingerprint density at radius 2 is 1.82 bits per heavy atom. The van der Waals surface area contributed by atoms with Crippen LogP contribution in [-0.4, -0.2) is 16.0 Å². The van der Waals surface area contributed by atoms with E-state index in [1.54, 1.807) is 36.4 Å².